The van der Waals surface area contributed by atoms with E-state index in [1.165, 1.54) is 6.07 Å². The van der Waals surface area contributed by atoms with Crippen LogP contribution in [0.2, 0.25) is 0 Å². The Kier molecular flexibility index (Phi) is 1.99. The maximum absolute atomic E-state index is 12.0. The van der Waals surface area contributed by atoms with Crippen LogP contribution < -0.4 is 0 Å². The Morgan fingerprint density at radius 1 is 1.23 bits per heavy atom. The molecule has 2 nitrogen and oxygen atoms in total. The van der Waals surface area contributed by atoms with E-state index in [0.717, 1.165) is 18.2 Å². The maximum Gasteiger partial charge on any atom is 0.501 e. The minimum atomic E-state index is -5.39. The molecule has 0 fully saturated rings. The van der Waals surface area contributed by atoms with Gasteiger partial charge in [0.25, 0.3) is 9.84 Å². The van der Waals surface area contributed by atoms with Crippen LogP contribution in [-0.2, 0) is 9.84 Å². The van der Waals surface area contributed by atoms with Crippen LogP contribution in [0.15, 0.2) is 35.2 Å². The lowest BCUT2D eigenvalue weighted by atomic mass is 10.4. The van der Waals surface area contributed by atoms with Gasteiger partial charge in [0, 0.05) is 0 Å². The van der Waals surface area contributed by atoms with Gasteiger partial charge in [-0.15, -0.1) is 0 Å². The van der Waals surface area contributed by atoms with Crippen molar-refractivity contribution in [2.24, 2.45) is 0 Å². The van der Waals surface area contributed by atoms with Gasteiger partial charge in [0.2, 0.25) is 0 Å². The Morgan fingerprint density at radius 3 is 2.31 bits per heavy atom. The summed E-state index contributed by atoms with van der Waals surface area (Å²) in [6.07, 6.45) is 0. The molecule has 0 saturated heterocycles. The Bertz CT molecular complexity index is 438. The molecule has 0 bridgehead atoms. The summed E-state index contributed by atoms with van der Waals surface area (Å²) in [6.45, 7) is 0. The zero-order valence-corrected chi connectivity index (χ0v) is 6.98. The minimum Gasteiger partial charge on any atom is -0.214 e. The highest BCUT2D eigenvalue weighted by Crippen LogP contribution is 2.29. The molecule has 0 radical (unpaired) electrons. The van der Waals surface area contributed by atoms with Crippen LogP contribution in [0.4, 0.5) is 13.2 Å². The van der Waals surface area contributed by atoms with Gasteiger partial charge in [0.05, 0.1) is 6.27 Å². The van der Waals surface area contributed by atoms with E-state index < -0.39 is 26.3 Å². The summed E-state index contributed by atoms with van der Waals surface area (Å²) in [7, 11) is -5.39. The molecule has 0 spiro atoms. The molecule has 0 aliphatic carbocycles. The highest BCUT2D eigenvalue weighted by Gasteiger charge is 2.46. The second kappa shape index (κ2) is 3.02. The molecule has 1 aromatic carbocycles. The molecular weight excluding hydrogens is 205 g/mol. The van der Waals surface area contributed by atoms with Gasteiger partial charge in [0.1, 0.15) is 0 Å². The summed E-state index contributed by atoms with van der Waals surface area (Å²) in [5, 5.41) is 0. The lowest BCUT2D eigenvalue weighted by Gasteiger charge is -2.06. The fourth-order valence-electron chi connectivity index (χ4n) is 0.669. The molecule has 0 N–H and O–H groups in total. The average molecular weight is 211 g/mol. The average Bonchev–Trinajstić information content (AvgIpc) is 2.02. The number of rotatable bonds is 1. The van der Waals surface area contributed by atoms with Gasteiger partial charge in [-0.05, 0) is 12.1 Å². The second-order valence-corrected chi connectivity index (χ2v) is 4.09. The first kappa shape index (κ1) is 8.55. The molecule has 72 valence electrons. The first-order valence-corrected chi connectivity index (χ1v) is 4.62. The number of alkyl halides is 3. The molecule has 0 heterocycles. The SMILES string of the molecule is [2H]c1ccccc1S(=O)(=O)C(F)(F)F. The fraction of sp³-hybridized carbons (Fsp3) is 0.143. The van der Waals surface area contributed by atoms with Crippen molar-refractivity contribution in [3.8, 4) is 0 Å². The molecule has 1 aromatic rings. The summed E-state index contributed by atoms with van der Waals surface area (Å²) < 4.78 is 64.8. The molecule has 0 unspecified atom stereocenters. The monoisotopic (exact) mass is 211 g/mol. The topological polar surface area (TPSA) is 34.1 Å². The highest BCUT2D eigenvalue weighted by atomic mass is 32.2. The van der Waals surface area contributed by atoms with Crippen molar-refractivity contribution in [1.29, 1.82) is 0 Å². The molecule has 0 aromatic heterocycles. The van der Waals surface area contributed by atoms with Crippen LogP contribution in [0, 0.1) is 0 Å². The van der Waals surface area contributed by atoms with E-state index in [4.69, 9.17) is 1.37 Å². The number of benzene rings is 1. The quantitative estimate of drug-likeness (QED) is 0.711. The maximum atomic E-state index is 12.0. The predicted molar refractivity (Wildman–Crippen MR) is 39.7 cm³/mol. The van der Waals surface area contributed by atoms with Gasteiger partial charge in [-0.2, -0.15) is 13.2 Å². The first-order valence-electron chi connectivity index (χ1n) is 3.64. The number of sulfone groups is 1. The zero-order valence-electron chi connectivity index (χ0n) is 7.17. The molecule has 0 atom stereocenters. The minimum absolute atomic E-state index is 0.662. The van der Waals surface area contributed by atoms with Gasteiger partial charge in [-0.3, -0.25) is 0 Å². The molecule has 0 aliphatic heterocycles. The summed E-state index contributed by atoms with van der Waals surface area (Å²) in [6, 6.07) is 3.50. The van der Waals surface area contributed by atoms with Crippen LogP contribution in [0.3, 0.4) is 0 Å². The van der Waals surface area contributed by atoms with E-state index in [0.29, 0.717) is 0 Å². The van der Waals surface area contributed by atoms with Crippen molar-refractivity contribution >= 4 is 9.84 Å². The summed E-state index contributed by atoms with van der Waals surface area (Å²) in [5.41, 5.74) is -5.36. The van der Waals surface area contributed by atoms with E-state index in [1.807, 2.05) is 0 Å². The van der Waals surface area contributed by atoms with Crippen LogP contribution in [0.25, 0.3) is 0 Å². The lowest BCUT2D eigenvalue weighted by molar-refractivity contribution is -0.0436. The van der Waals surface area contributed by atoms with Gasteiger partial charge in [-0.25, -0.2) is 8.42 Å². The molecule has 0 saturated carbocycles. The third-order valence-corrected chi connectivity index (χ3v) is 2.72. The largest absolute Gasteiger partial charge is 0.501 e. The van der Waals surface area contributed by atoms with Crippen LogP contribution in [0.5, 0.6) is 0 Å². The Balaban J connectivity index is 3.40. The molecular formula is C7H5F3O2S. The van der Waals surface area contributed by atoms with Gasteiger partial charge >= 0.3 is 5.51 Å². The number of hydrogen-bond donors (Lipinski definition) is 0. The highest BCUT2D eigenvalue weighted by molar-refractivity contribution is 7.92. The van der Waals surface area contributed by atoms with Crippen molar-refractivity contribution in [2.45, 2.75) is 10.4 Å². The molecule has 1 rings (SSSR count). The van der Waals surface area contributed by atoms with Crippen molar-refractivity contribution in [3.63, 3.8) is 0 Å². The van der Waals surface area contributed by atoms with E-state index >= 15 is 0 Å². The fourth-order valence-corrected chi connectivity index (χ4v) is 1.40. The van der Waals surface area contributed by atoms with Crippen LogP contribution >= 0.6 is 0 Å². The Labute approximate surface area is 74.3 Å². The van der Waals surface area contributed by atoms with E-state index in [-0.39, 0.29) is 0 Å². The van der Waals surface area contributed by atoms with Gasteiger partial charge in [0.15, 0.2) is 0 Å². The predicted octanol–water partition coefficient (Wildman–Crippen LogP) is 1.98. The standard InChI is InChI=1S/C7H5F3O2S/c8-7(9,10)13(11,12)6-4-2-1-3-5-6/h1-5H/i4D. The molecule has 0 aliphatic rings. The van der Waals surface area contributed by atoms with Crippen LogP contribution in [0.1, 0.15) is 1.37 Å². The molecule has 0 amide bonds. The normalized spacial score (nSPS) is 13.9. The summed E-state index contributed by atoms with van der Waals surface area (Å²) in [4.78, 5) is -1.02. The van der Waals surface area contributed by atoms with Gasteiger partial charge < -0.3 is 0 Å². The van der Waals surface area contributed by atoms with Crippen molar-refractivity contribution in [2.75, 3.05) is 0 Å². The van der Waals surface area contributed by atoms with Crippen molar-refractivity contribution in [1.82, 2.24) is 0 Å². The van der Waals surface area contributed by atoms with Crippen molar-refractivity contribution in [3.05, 3.63) is 30.3 Å². The number of halogens is 3. The Hall–Kier alpha value is -1.04. The third kappa shape index (κ3) is 1.82. The molecule has 13 heavy (non-hydrogen) atoms. The third-order valence-electron chi connectivity index (χ3n) is 1.27. The first-order chi connectivity index (χ1) is 6.27. The smallest absolute Gasteiger partial charge is 0.214 e. The van der Waals surface area contributed by atoms with E-state index in [9.17, 15) is 21.6 Å². The summed E-state index contributed by atoms with van der Waals surface area (Å²) in [5.74, 6) is 0. The summed E-state index contributed by atoms with van der Waals surface area (Å²) >= 11 is 0. The van der Waals surface area contributed by atoms with E-state index in [1.54, 1.807) is 0 Å². The zero-order chi connectivity index (χ0) is 11.0. The second-order valence-electron chi connectivity index (χ2n) is 2.18. The molecule has 6 heteroatoms. The number of hydrogen-bond acceptors (Lipinski definition) is 2. The van der Waals surface area contributed by atoms with Gasteiger partial charge in [-0.1, -0.05) is 18.2 Å². The lowest BCUT2D eigenvalue weighted by Crippen LogP contribution is -2.23. The van der Waals surface area contributed by atoms with Crippen molar-refractivity contribution < 1.29 is 23.0 Å². The van der Waals surface area contributed by atoms with E-state index in [2.05, 4.69) is 0 Å². The van der Waals surface area contributed by atoms with Crippen LogP contribution in [-0.4, -0.2) is 13.9 Å². The Morgan fingerprint density at radius 2 is 1.85 bits per heavy atom.